The minimum atomic E-state index is -1.54. The lowest BCUT2D eigenvalue weighted by Gasteiger charge is -2.45. The van der Waals surface area contributed by atoms with Gasteiger partial charge in [-0.15, -0.1) is 0 Å². The molecule has 3 aliphatic rings. The molecule has 3 heterocycles. The van der Waals surface area contributed by atoms with Gasteiger partial charge in [0.05, 0.1) is 31.1 Å². The summed E-state index contributed by atoms with van der Waals surface area (Å²) in [6.45, 7) is 2.64. The second-order valence-corrected chi connectivity index (χ2v) is 9.41. The molecular weight excluding hydrogens is 458 g/mol. The lowest BCUT2D eigenvalue weighted by molar-refractivity contribution is -0.154. The lowest BCUT2D eigenvalue weighted by Crippen LogP contribution is -2.67. The Bertz CT molecular complexity index is 1180. The average Bonchev–Trinajstić information content (AvgIpc) is 3.26. The van der Waals surface area contributed by atoms with Gasteiger partial charge in [-0.3, -0.25) is 24.1 Å². The highest BCUT2D eigenvalue weighted by Gasteiger charge is 2.73. The topological polar surface area (TPSA) is 96.0 Å². The van der Waals surface area contributed by atoms with Crippen molar-refractivity contribution in [2.24, 2.45) is 11.8 Å². The zero-order chi connectivity index (χ0) is 24.2. The van der Waals surface area contributed by atoms with Crippen LogP contribution in [0, 0.1) is 18.8 Å². The van der Waals surface area contributed by atoms with Gasteiger partial charge in [0, 0.05) is 24.2 Å². The molecule has 8 nitrogen and oxygen atoms in total. The Labute approximate surface area is 201 Å². The summed E-state index contributed by atoms with van der Waals surface area (Å²) in [6.07, 6.45) is -0.332. The maximum atomic E-state index is 13.9. The number of esters is 1. The third-order valence-corrected chi connectivity index (χ3v) is 7.48. The van der Waals surface area contributed by atoms with Crippen LogP contribution >= 0.6 is 11.6 Å². The highest BCUT2D eigenvalue weighted by Crippen LogP contribution is 2.57. The van der Waals surface area contributed by atoms with Crippen LogP contribution in [0.3, 0.4) is 0 Å². The van der Waals surface area contributed by atoms with Gasteiger partial charge in [0.2, 0.25) is 17.7 Å². The summed E-state index contributed by atoms with van der Waals surface area (Å²) in [6, 6.07) is 13.5. The molecule has 2 aromatic carbocycles. The Morgan fingerprint density at radius 1 is 1.09 bits per heavy atom. The molecule has 0 spiro atoms. The van der Waals surface area contributed by atoms with Crippen LogP contribution in [0.1, 0.15) is 23.6 Å². The number of anilines is 1. The van der Waals surface area contributed by atoms with Crippen LogP contribution in [0.25, 0.3) is 0 Å². The maximum absolute atomic E-state index is 13.9. The smallest absolute Gasteiger partial charge is 0.307 e. The molecule has 3 amide bonds. The number of carbonyl (C=O) groups is 4. The van der Waals surface area contributed by atoms with Gasteiger partial charge >= 0.3 is 5.97 Å². The number of methoxy groups -OCH3 is 1. The molecular formula is C25H24ClN3O5. The highest BCUT2D eigenvalue weighted by atomic mass is 35.5. The van der Waals surface area contributed by atoms with E-state index in [-0.39, 0.29) is 12.3 Å². The molecule has 0 radical (unpaired) electrons. The summed E-state index contributed by atoms with van der Waals surface area (Å²) < 4.78 is 4.92. The number of piperazine rings is 1. The Morgan fingerprint density at radius 3 is 2.41 bits per heavy atom. The van der Waals surface area contributed by atoms with Gasteiger partial charge in [-0.05, 0) is 36.8 Å². The standard InChI is InChI=1S/C25H24ClN3O5/c1-14-3-9-17(10-4-14)29-22(31)19-20(23(29)32)25(13-18(30)34-2)24(33)27-11-12-28(25)21(19)15-5-7-16(26)8-6-15/h3-10,19-21H,11-13H2,1-2H3,(H,27,33)/t19-,20+,21-,25+/m1/s1. The van der Waals surface area contributed by atoms with Crippen molar-refractivity contribution in [3.05, 3.63) is 64.7 Å². The van der Waals surface area contributed by atoms with Gasteiger partial charge in [0.15, 0.2) is 0 Å². The fourth-order valence-electron chi connectivity index (χ4n) is 5.77. The number of imide groups is 1. The van der Waals surface area contributed by atoms with E-state index in [2.05, 4.69) is 5.32 Å². The fraction of sp³-hybridized carbons (Fsp3) is 0.360. The number of hydrogen-bond donors (Lipinski definition) is 1. The average molecular weight is 482 g/mol. The van der Waals surface area contributed by atoms with Gasteiger partial charge in [0.1, 0.15) is 5.54 Å². The predicted molar refractivity (Wildman–Crippen MR) is 124 cm³/mol. The third-order valence-electron chi connectivity index (χ3n) is 7.23. The number of nitrogens with zero attached hydrogens (tertiary/aromatic N) is 2. The molecule has 3 aliphatic heterocycles. The van der Waals surface area contributed by atoms with E-state index in [9.17, 15) is 19.2 Å². The van der Waals surface area contributed by atoms with Crippen molar-refractivity contribution in [2.45, 2.75) is 24.9 Å². The number of amides is 3. The van der Waals surface area contributed by atoms with Gasteiger partial charge in [-0.1, -0.05) is 41.4 Å². The van der Waals surface area contributed by atoms with Crippen molar-refractivity contribution in [1.82, 2.24) is 10.2 Å². The minimum absolute atomic E-state index is 0.332. The molecule has 1 N–H and O–H groups in total. The third kappa shape index (κ3) is 3.16. The van der Waals surface area contributed by atoms with E-state index in [1.807, 2.05) is 24.0 Å². The Kier molecular flexibility index (Phi) is 5.45. The van der Waals surface area contributed by atoms with Gasteiger partial charge in [0.25, 0.3) is 0 Å². The molecule has 4 atom stereocenters. The van der Waals surface area contributed by atoms with E-state index >= 15 is 0 Å². The molecule has 176 valence electrons. The van der Waals surface area contributed by atoms with Crippen LogP contribution in [0.4, 0.5) is 5.69 Å². The first-order valence-electron chi connectivity index (χ1n) is 11.1. The van der Waals surface area contributed by atoms with Crippen molar-refractivity contribution in [3.63, 3.8) is 0 Å². The molecule has 9 heteroatoms. The molecule has 0 saturated carbocycles. The van der Waals surface area contributed by atoms with Crippen LogP contribution in [0.2, 0.25) is 5.02 Å². The number of hydrogen-bond acceptors (Lipinski definition) is 6. The van der Waals surface area contributed by atoms with Crippen LogP contribution in [-0.4, -0.2) is 54.3 Å². The Hall–Kier alpha value is -3.23. The van der Waals surface area contributed by atoms with Gasteiger partial charge in [-0.2, -0.15) is 0 Å². The van der Waals surface area contributed by atoms with Gasteiger partial charge < -0.3 is 10.1 Å². The predicted octanol–water partition coefficient (Wildman–Crippen LogP) is 2.24. The number of rotatable bonds is 4. The van der Waals surface area contributed by atoms with Crippen molar-refractivity contribution in [3.8, 4) is 0 Å². The summed E-state index contributed by atoms with van der Waals surface area (Å²) in [5.41, 5.74) is 0.655. The molecule has 0 aliphatic carbocycles. The van der Waals surface area contributed by atoms with E-state index in [1.54, 1.807) is 36.4 Å². The molecule has 3 saturated heterocycles. The molecule has 3 fully saturated rings. The SMILES string of the molecule is COC(=O)C[C@]12C(=O)NCCN1[C@H](c1ccc(Cl)cc1)[C@@H]1C(=O)N(c3ccc(C)cc3)C(=O)[C@H]12. The number of benzene rings is 2. The number of aryl methyl sites for hydroxylation is 1. The minimum Gasteiger partial charge on any atom is -0.469 e. The Morgan fingerprint density at radius 2 is 1.76 bits per heavy atom. The molecule has 34 heavy (non-hydrogen) atoms. The number of halogens is 1. The summed E-state index contributed by atoms with van der Waals surface area (Å²) >= 11 is 6.10. The van der Waals surface area contributed by atoms with Crippen molar-refractivity contribution in [1.29, 1.82) is 0 Å². The monoisotopic (exact) mass is 481 g/mol. The molecule has 0 bridgehead atoms. The number of nitrogens with one attached hydrogen (secondary N) is 1. The quantitative estimate of drug-likeness (QED) is 0.531. The van der Waals surface area contributed by atoms with Crippen LogP contribution in [0.15, 0.2) is 48.5 Å². The summed E-state index contributed by atoms with van der Waals surface area (Å²) in [7, 11) is 1.24. The van der Waals surface area contributed by atoms with E-state index < -0.39 is 41.2 Å². The first-order chi connectivity index (χ1) is 16.3. The molecule has 0 unspecified atom stereocenters. The van der Waals surface area contributed by atoms with Crippen molar-refractivity contribution < 1.29 is 23.9 Å². The maximum Gasteiger partial charge on any atom is 0.307 e. The number of ether oxygens (including phenoxy) is 1. The zero-order valence-electron chi connectivity index (χ0n) is 18.8. The van der Waals surface area contributed by atoms with Crippen LogP contribution < -0.4 is 10.2 Å². The highest BCUT2D eigenvalue weighted by molar-refractivity contribution is 6.30. The lowest BCUT2D eigenvalue weighted by atomic mass is 9.76. The zero-order valence-corrected chi connectivity index (χ0v) is 19.5. The number of fused-ring (bicyclic) bond motifs is 3. The normalized spacial score (nSPS) is 28.5. The van der Waals surface area contributed by atoms with E-state index in [1.165, 1.54) is 7.11 Å². The summed E-state index contributed by atoms with van der Waals surface area (Å²) in [4.78, 5) is 56.9. The van der Waals surface area contributed by atoms with Gasteiger partial charge in [-0.25, -0.2) is 4.90 Å². The van der Waals surface area contributed by atoms with E-state index in [0.29, 0.717) is 23.8 Å². The fourth-order valence-corrected chi connectivity index (χ4v) is 5.89. The van der Waals surface area contributed by atoms with Crippen molar-refractivity contribution in [2.75, 3.05) is 25.1 Å². The second kappa shape index (κ2) is 8.21. The van der Waals surface area contributed by atoms with Crippen molar-refractivity contribution >= 4 is 41.0 Å². The molecule has 0 aromatic heterocycles. The Balaban J connectivity index is 1.70. The molecule has 2 aromatic rings. The van der Waals surface area contributed by atoms with E-state index in [4.69, 9.17) is 16.3 Å². The first kappa shape index (κ1) is 22.6. The largest absolute Gasteiger partial charge is 0.469 e. The summed E-state index contributed by atoms with van der Waals surface area (Å²) in [5.74, 6) is -3.81. The van der Waals surface area contributed by atoms with Crippen LogP contribution in [-0.2, 0) is 23.9 Å². The summed E-state index contributed by atoms with van der Waals surface area (Å²) in [5, 5.41) is 3.36. The van der Waals surface area contributed by atoms with E-state index in [0.717, 1.165) is 16.0 Å². The molecule has 5 rings (SSSR count). The van der Waals surface area contributed by atoms with Crippen LogP contribution in [0.5, 0.6) is 0 Å². The second-order valence-electron chi connectivity index (χ2n) is 8.97. The first-order valence-corrected chi connectivity index (χ1v) is 11.5. The number of carbonyl (C=O) groups excluding carboxylic acids is 4.